The Morgan fingerprint density at radius 1 is 1.08 bits per heavy atom. The van der Waals surface area contributed by atoms with E-state index in [1.54, 1.807) is 16.7 Å². The Balaban J connectivity index is 1.46. The fourth-order valence-electron chi connectivity index (χ4n) is 2.71. The Hall–Kier alpha value is -2.47. The molecule has 0 spiro atoms. The molecule has 0 N–H and O–H groups in total. The summed E-state index contributed by atoms with van der Waals surface area (Å²) < 4.78 is 5.39. The van der Waals surface area contributed by atoms with Crippen LogP contribution in [0.4, 0.5) is 10.5 Å². The van der Waals surface area contributed by atoms with Crippen LogP contribution >= 0.6 is 11.8 Å². The SMILES string of the molecule is CSc1ccccc1N=CN1CCN(C(=O)OCc2ccccc2)CC1. The topological polar surface area (TPSA) is 45.1 Å². The number of aliphatic imine (C=N–C) groups is 1. The number of ether oxygens (including phenoxy) is 1. The highest BCUT2D eigenvalue weighted by molar-refractivity contribution is 7.98. The van der Waals surface area contributed by atoms with E-state index in [2.05, 4.69) is 16.0 Å². The monoisotopic (exact) mass is 369 g/mol. The Morgan fingerprint density at radius 3 is 2.50 bits per heavy atom. The number of benzene rings is 2. The fraction of sp³-hybridized carbons (Fsp3) is 0.300. The maximum atomic E-state index is 12.2. The van der Waals surface area contributed by atoms with Crippen molar-refractivity contribution < 1.29 is 9.53 Å². The number of para-hydroxylation sites is 1. The first-order valence-electron chi connectivity index (χ1n) is 8.63. The van der Waals surface area contributed by atoms with E-state index in [1.165, 1.54) is 0 Å². The van der Waals surface area contributed by atoms with Crippen LogP contribution in [0.1, 0.15) is 5.56 Å². The van der Waals surface area contributed by atoms with Crippen LogP contribution in [0.5, 0.6) is 0 Å². The van der Waals surface area contributed by atoms with E-state index in [4.69, 9.17) is 4.74 Å². The standard InChI is InChI=1S/C20H23N3O2S/c1-26-19-10-6-5-9-18(19)21-16-22-11-13-23(14-12-22)20(24)25-15-17-7-3-2-4-8-17/h2-10,16H,11-15H2,1H3. The molecular formula is C20H23N3O2S. The molecule has 1 heterocycles. The minimum absolute atomic E-state index is 0.252. The molecule has 0 atom stereocenters. The first-order chi connectivity index (χ1) is 12.8. The lowest BCUT2D eigenvalue weighted by Gasteiger charge is -2.32. The number of nitrogens with zero attached hydrogens (tertiary/aromatic N) is 3. The molecule has 3 rings (SSSR count). The predicted molar refractivity (Wildman–Crippen MR) is 106 cm³/mol. The van der Waals surface area contributed by atoms with Gasteiger partial charge in [0.05, 0.1) is 12.0 Å². The van der Waals surface area contributed by atoms with E-state index in [9.17, 15) is 4.79 Å². The number of hydrogen-bond donors (Lipinski definition) is 0. The van der Waals surface area contributed by atoms with Gasteiger partial charge in [0, 0.05) is 31.1 Å². The van der Waals surface area contributed by atoms with Gasteiger partial charge in [-0.05, 0) is 24.0 Å². The zero-order chi connectivity index (χ0) is 18.2. The van der Waals surface area contributed by atoms with Crippen molar-refractivity contribution in [1.82, 2.24) is 9.80 Å². The highest BCUT2D eigenvalue weighted by Gasteiger charge is 2.20. The van der Waals surface area contributed by atoms with Gasteiger partial charge in [-0.1, -0.05) is 42.5 Å². The lowest BCUT2D eigenvalue weighted by atomic mass is 10.2. The van der Waals surface area contributed by atoms with Crippen molar-refractivity contribution in [1.29, 1.82) is 0 Å². The number of amides is 1. The van der Waals surface area contributed by atoms with Crippen LogP contribution in [0.15, 0.2) is 64.5 Å². The Labute approximate surface area is 158 Å². The Morgan fingerprint density at radius 2 is 1.77 bits per heavy atom. The molecule has 1 aliphatic heterocycles. The van der Waals surface area contributed by atoms with E-state index in [0.717, 1.165) is 29.2 Å². The second-order valence-corrected chi connectivity index (χ2v) is 6.83. The average Bonchev–Trinajstić information content (AvgIpc) is 2.72. The summed E-state index contributed by atoms with van der Waals surface area (Å²) >= 11 is 1.69. The van der Waals surface area contributed by atoms with Crippen molar-refractivity contribution in [2.24, 2.45) is 4.99 Å². The van der Waals surface area contributed by atoms with E-state index in [0.29, 0.717) is 19.7 Å². The second-order valence-electron chi connectivity index (χ2n) is 5.98. The predicted octanol–water partition coefficient (Wildman–Crippen LogP) is 4.02. The van der Waals surface area contributed by atoms with Crippen LogP contribution < -0.4 is 0 Å². The number of thioether (sulfide) groups is 1. The smallest absolute Gasteiger partial charge is 0.410 e. The fourth-order valence-corrected chi connectivity index (χ4v) is 3.26. The van der Waals surface area contributed by atoms with Gasteiger partial charge in [0.15, 0.2) is 0 Å². The van der Waals surface area contributed by atoms with Crippen molar-refractivity contribution in [3.05, 3.63) is 60.2 Å². The number of piperazine rings is 1. The molecule has 1 fully saturated rings. The molecular weight excluding hydrogens is 346 g/mol. The van der Waals surface area contributed by atoms with E-state index in [1.807, 2.05) is 61.1 Å². The molecule has 5 nitrogen and oxygen atoms in total. The molecule has 6 heteroatoms. The normalized spacial score (nSPS) is 14.7. The van der Waals surface area contributed by atoms with Gasteiger partial charge in [-0.25, -0.2) is 9.79 Å². The van der Waals surface area contributed by atoms with Crippen molar-refractivity contribution in [2.45, 2.75) is 11.5 Å². The number of carbonyl (C=O) groups is 1. The summed E-state index contributed by atoms with van der Waals surface area (Å²) in [6.45, 7) is 3.11. The molecule has 0 unspecified atom stereocenters. The summed E-state index contributed by atoms with van der Waals surface area (Å²) in [5, 5.41) is 0. The van der Waals surface area contributed by atoms with Crippen molar-refractivity contribution in [2.75, 3.05) is 32.4 Å². The maximum Gasteiger partial charge on any atom is 0.410 e. The second kappa shape index (κ2) is 9.29. The molecule has 0 radical (unpaired) electrons. The summed E-state index contributed by atoms with van der Waals surface area (Å²) in [6, 6.07) is 17.8. The number of carbonyl (C=O) groups excluding carboxylic acids is 1. The molecule has 0 saturated carbocycles. The molecule has 1 saturated heterocycles. The number of rotatable bonds is 5. The van der Waals surface area contributed by atoms with Gasteiger partial charge in [0.2, 0.25) is 0 Å². The van der Waals surface area contributed by atoms with Gasteiger partial charge in [-0.3, -0.25) is 0 Å². The molecule has 136 valence electrons. The highest BCUT2D eigenvalue weighted by atomic mass is 32.2. The molecule has 2 aromatic carbocycles. The van der Waals surface area contributed by atoms with Crippen LogP contribution in [0, 0.1) is 0 Å². The van der Waals surface area contributed by atoms with E-state index in [-0.39, 0.29) is 6.09 Å². The first-order valence-corrected chi connectivity index (χ1v) is 9.85. The Kier molecular flexibility index (Phi) is 6.55. The van der Waals surface area contributed by atoms with Crippen LogP contribution in [-0.4, -0.2) is 54.7 Å². The molecule has 0 bridgehead atoms. The lowest BCUT2D eigenvalue weighted by molar-refractivity contribution is 0.0831. The van der Waals surface area contributed by atoms with E-state index < -0.39 is 0 Å². The quantitative estimate of drug-likeness (QED) is 0.454. The third kappa shape index (κ3) is 5.02. The van der Waals surface area contributed by atoms with Crippen LogP contribution in [0.25, 0.3) is 0 Å². The molecule has 1 amide bonds. The zero-order valence-electron chi connectivity index (χ0n) is 14.9. The van der Waals surface area contributed by atoms with Gasteiger partial charge < -0.3 is 14.5 Å². The third-order valence-corrected chi connectivity index (χ3v) is 5.01. The van der Waals surface area contributed by atoms with Crippen LogP contribution in [-0.2, 0) is 11.3 Å². The molecule has 26 heavy (non-hydrogen) atoms. The Bertz CT molecular complexity index is 744. The first kappa shape index (κ1) is 18.3. The van der Waals surface area contributed by atoms with Crippen LogP contribution in [0.3, 0.4) is 0 Å². The largest absolute Gasteiger partial charge is 0.445 e. The van der Waals surface area contributed by atoms with Crippen molar-refractivity contribution in [3.8, 4) is 0 Å². The van der Waals surface area contributed by atoms with Gasteiger partial charge in [-0.15, -0.1) is 11.8 Å². The summed E-state index contributed by atoms with van der Waals surface area (Å²) in [5.74, 6) is 0. The maximum absolute atomic E-state index is 12.2. The minimum atomic E-state index is -0.252. The van der Waals surface area contributed by atoms with E-state index >= 15 is 0 Å². The molecule has 2 aromatic rings. The van der Waals surface area contributed by atoms with Gasteiger partial charge in [-0.2, -0.15) is 0 Å². The third-order valence-electron chi connectivity index (χ3n) is 4.22. The number of hydrogen-bond acceptors (Lipinski definition) is 4. The molecule has 0 aromatic heterocycles. The van der Waals surface area contributed by atoms with Gasteiger partial charge in [0.1, 0.15) is 6.61 Å². The summed E-state index contributed by atoms with van der Waals surface area (Å²) in [6.07, 6.45) is 3.67. The van der Waals surface area contributed by atoms with Crippen LogP contribution in [0.2, 0.25) is 0 Å². The summed E-state index contributed by atoms with van der Waals surface area (Å²) in [7, 11) is 0. The van der Waals surface area contributed by atoms with Crippen molar-refractivity contribution >= 4 is 29.9 Å². The minimum Gasteiger partial charge on any atom is -0.445 e. The zero-order valence-corrected chi connectivity index (χ0v) is 15.7. The van der Waals surface area contributed by atoms with Gasteiger partial charge in [0.25, 0.3) is 0 Å². The summed E-state index contributed by atoms with van der Waals surface area (Å²) in [5.41, 5.74) is 1.98. The summed E-state index contributed by atoms with van der Waals surface area (Å²) in [4.78, 5) is 21.8. The van der Waals surface area contributed by atoms with Crippen molar-refractivity contribution in [3.63, 3.8) is 0 Å². The molecule has 0 aliphatic carbocycles. The molecule has 1 aliphatic rings. The highest BCUT2D eigenvalue weighted by Crippen LogP contribution is 2.26. The van der Waals surface area contributed by atoms with Gasteiger partial charge >= 0.3 is 6.09 Å². The lowest BCUT2D eigenvalue weighted by Crippen LogP contribution is -2.48. The average molecular weight is 369 g/mol.